The van der Waals surface area contributed by atoms with E-state index in [1.165, 1.54) is 11.1 Å². The molecule has 2 amide bonds. The fourth-order valence-corrected chi connectivity index (χ4v) is 4.73. The van der Waals surface area contributed by atoms with Gasteiger partial charge in [-0.1, -0.05) is 37.3 Å². The Kier molecular flexibility index (Phi) is 4.65. The van der Waals surface area contributed by atoms with Crippen molar-refractivity contribution in [3.8, 4) is 0 Å². The Hall–Kier alpha value is -2.62. The van der Waals surface area contributed by atoms with Crippen LogP contribution in [0.2, 0.25) is 0 Å². The van der Waals surface area contributed by atoms with Crippen molar-refractivity contribution in [2.24, 2.45) is 11.8 Å². The summed E-state index contributed by atoms with van der Waals surface area (Å²) in [5, 5.41) is 3.00. The maximum absolute atomic E-state index is 13.6. The first-order chi connectivity index (χ1) is 14.1. The Morgan fingerprint density at radius 1 is 1.03 bits per heavy atom. The van der Waals surface area contributed by atoms with Gasteiger partial charge < -0.3 is 10.2 Å². The van der Waals surface area contributed by atoms with E-state index >= 15 is 0 Å². The molecule has 0 aromatic heterocycles. The second kappa shape index (κ2) is 7.33. The average Bonchev–Trinajstić information content (AvgIpc) is 3.66. The van der Waals surface area contributed by atoms with Crippen LogP contribution in [-0.4, -0.2) is 22.8 Å². The standard InChI is InChI=1S/C25H28N2O2/c1-16-14-22(16)24(28)26-19-9-4-8-18(15-19)25(29)27(20-12-13-20)23-11-5-7-17-6-2-3-10-21(17)23/h2-4,6,8-10,15-16,20,22-23H,5,7,11-14H2,1H3,(H,26,28). The van der Waals surface area contributed by atoms with Gasteiger partial charge in [0.15, 0.2) is 0 Å². The zero-order valence-corrected chi connectivity index (χ0v) is 16.9. The van der Waals surface area contributed by atoms with Gasteiger partial charge in [-0.05, 0) is 73.8 Å². The van der Waals surface area contributed by atoms with E-state index < -0.39 is 0 Å². The summed E-state index contributed by atoms with van der Waals surface area (Å²) >= 11 is 0. The third-order valence-electron chi connectivity index (χ3n) is 6.67. The van der Waals surface area contributed by atoms with Gasteiger partial charge in [0.25, 0.3) is 5.91 Å². The van der Waals surface area contributed by atoms with Crippen LogP contribution in [0.1, 0.15) is 66.6 Å². The van der Waals surface area contributed by atoms with Crippen LogP contribution in [-0.2, 0) is 11.2 Å². The zero-order valence-electron chi connectivity index (χ0n) is 16.9. The molecule has 3 unspecified atom stereocenters. The molecule has 0 aliphatic heterocycles. The van der Waals surface area contributed by atoms with Gasteiger partial charge in [-0.15, -0.1) is 0 Å². The molecular formula is C25H28N2O2. The molecular weight excluding hydrogens is 360 g/mol. The highest BCUT2D eigenvalue weighted by Crippen LogP contribution is 2.42. The van der Waals surface area contributed by atoms with Gasteiger partial charge in [0.05, 0.1) is 6.04 Å². The number of amides is 2. The predicted octanol–water partition coefficient (Wildman–Crippen LogP) is 4.96. The monoisotopic (exact) mass is 388 g/mol. The number of carbonyl (C=O) groups is 2. The van der Waals surface area contributed by atoms with Gasteiger partial charge in [-0.2, -0.15) is 0 Å². The molecule has 2 aromatic rings. The summed E-state index contributed by atoms with van der Waals surface area (Å²) in [5.74, 6) is 0.750. The molecule has 3 atom stereocenters. The van der Waals surface area contributed by atoms with Gasteiger partial charge >= 0.3 is 0 Å². The fraction of sp³-hybridized carbons (Fsp3) is 0.440. The Bertz CT molecular complexity index is 949. The van der Waals surface area contributed by atoms with Gasteiger partial charge in [-0.3, -0.25) is 9.59 Å². The third-order valence-corrected chi connectivity index (χ3v) is 6.67. The smallest absolute Gasteiger partial charge is 0.254 e. The highest BCUT2D eigenvalue weighted by molar-refractivity contribution is 5.98. The highest BCUT2D eigenvalue weighted by Gasteiger charge is 2.40. The Labute approximate surface area is 172 Å². The number of anilines is 1. The summed E-state index contributed by atoms with van der Waals surface area (Å²) < 4.78 is 0. The molecule has 3 aliphatic rings. The van der Waals surface area contributed by atoms with Crippen molar-refractivity contribution in [3.63, 3.8) is 0 Å². The lowest BCUT2D eigenvalue weighted by atomic mass is 9.86. The Morgan fingerprint density at radius 3 is 2.59 bits per heavy atom. The second-order valence-electron chi connectivity index (χ2n) is 8.94. The van der Waals surface area contributed by atoms with E-state index in [9.17, 15) is 9.59 Å². The van der Waals surface area contributed by atoms with Crippen LogP contribution < -0.4 is 5.32 Å². The van der Waals surface area contributed by atoms with Crippen LogP contribution in [0.5, 0.6) is 0 Å². The van der Waals surface area contributed by atoms with Gasteiger partial charge in [-0.25, -0.2) is 0 Å². The molecule has 0 radical (unpaired) electrons. The predicted molar refractivity (Wildman–Crippen MR) is 114 cm³/mol. The van der Waals surface area contributed by atoms with E-state index in [1.54, 1.807) is 0 Å². The number of nitrogens with one attached hydrogen (secondary N) is 1. The molecule has 2 aromatic carbocycles. The van der Waals surface area contributed by atoms with Gasteiger partial charge in [0, 0.05) is 23.2 Å². The van der Waals surface area contributed by atoms with Crippen molar-refractivity contribution in [1.29, 1.82) is 0 Å². The highest BCUT2D eigenvalue weighted by atomic mass is 16.2. The van der Waals surface area contributed by atoms with E-state index in [4.69, 9.17) is 0 Å². The van der Waals surface area contributed by atoms with Gasteiger partial charge in [0.2, 0.25) is 5.91 Å². The normalized spacial score (nSPS) is 25.1. The van der Waals surface area contributed by atoms with Crippen molar-refractivity contribution in [2.45, 2.75) is 57.5 Å². The number of hydrogen-bond donors (Lipinski definition) is 1. The van der Waals surface area contributed by atoms with Gasteiger partial charge in [0.1, 0.15) is 0 Å². The van der Waals surface area contributed by atoms with Crippen molar-refractivity contribution in [2.75, 3.05) is 5.32 Å². The summed E-state index contributed by atoms with van der Waals surface area (Å²) in [6.07, 6.45) is 6.37. The van der Waals surface area contributed by atoms with Crippen LogP contribution in [0.25, 0.3) is 0 Å². The number of nitrogens with zero attached hydrogens (tertiary/aromatic N) is 1. The van der Waals surface area contributed by atoms with E-state index in [2.05, 4.69) is 41.4 Å². The van der Waals surface area contributed by atoms with E-state index in [0.717, 1.165) is 44.2 Å². The molecule has 0 saturated heterocycles. The number of carbonyl (C=O) groups excluding carboxylic acids is 2. The van der Waals surface area contributed by atoms with Crippen LogP contribution >= 0.6 is 0 Å². The van der Waals surface area contributed by atoms with E-state index in [0.29, 0.717) is 17.5 Å². The minimum absolute atomic E-state index is 0.0716. The number of aryl methyl sites for hydroxylation is 1. The Morgan fingerprint density at radius 2 is 1.83 bits per heavy atom. The number of rotatable bonds is 5. The summed E-state index contributed by atoms with van der Waals surface area (Å²) in [6, 6.07) is 16.5. The van der Waals surface area contributed by atoms with E-state index in [-0.39, 0.29) is 23.8 Å². The number of fused-ring (bicyclic) bond motifs is 1. The van der Waals surface area contributed by atoms with Crippen molar-refractivity contribution in [3.05, 3.63) is 65.2 Å². The second-order valence-corrected chi connectivity index (χ2v) is 8.94. The van der Waals surface area contributed by atoms with Crippen LogP contribution in [0, 0.1) is 11.8 Å². The minimum atomic E-state index is 0.0716. The van der Waals surface area contributed by atoms with Crippen LogP contribution in [0.3, 0.4) is 0 Å². The maximum atomic E-state index is 13.6. The molecule has 29 heavy (non-hydrogen) atoms. The molecule has 150 valence electrons. The largest absolute Gasteiger partial charge is 0.329 e. The van der Waals surface area contributed by atoms with E-state index in [1.807, 2.05) is 24.3 Å². The molecule has 3 aliphatic carbocycles. The molecule has 1 N–H and O–H groups in total. The molecule has 0 spiro atoms. The minimum Gasteiger partial charge on any atom is -0.329 e. The lowest BCUT2D eigenvalue weighted by molar-refractivity contribution is -0.117. The lowest BCUT2D eigenvalue weighted by Crippen LogP contribution is -2.38. The number of hydrogen-bond acceptors (Lipinski definition) is 2. The number of benzene rings is 2. The van der Waals surface area contributed by atoms with Crippen molar-refractivity contribution in [1.82, 2.24) is 4.90 Å². The lowest BCUT2D eigenvalue weighted by Gasteiger charge is -2.36. The summed E-state index contributed by atoms with van der Waals surface area (Å²) in [4.78, 5) is 28.0. The third kappa shape index (κ3) is 3.68. The molecule has 5 rings (SSSR count). The molecule has 4 heteroatoms. The Balaban J connectivity index is 1.40. The SMILES string of the molecule is CC1CC1C(=O)Nc1cccc(C(=O)N(C2CC2)C2CCCc3ccccc32)c1. The van der Waals surface area contributed by atoms with Crippen LogP contribution in [0.15, 0.2) is 48.5 Å². The molecule has 2 saturated carbocycles. The molecule has 2 fully saturated rings. The summed E-state index contributed by atoms with van der Waals surface area (Å²) in [6.45, 7) is 2.10. The first kappa shape index (κ1) is 18.4. The summed E-state index contributed by atoms with van der Waals surface area (Å²) in [5.41, 5.74) is 4.08. The quantitative estimate of drug-likeness (QED) is 0.787. The molecule has 4 nitrogen and oxygen atoms in total. The zero-order chi connectivity index (χ0) is 20.0. The molecule has 0 heterocycles. The first-order valence-electron chi connectivity index (χ1n) is 10.9. The average molecular weight is 389 g/mol. The maximum Gasteiger partial charge on any atom is 0.254 e. The van der Waals surface area contributed by atoms with Crippen molar-refractivity contribution >= 4 is 17.5 Å². The fourth-order valence-electron chi connectivity index (χ4n) is 4.73. The summed E-state index contributed by atoms with van der Waals surface area (Å²) in [7, 11) is 0. The first-order valence-corrected chi connectivity index (χ1v) is 10.9. The van der Waals surface area contributed by atoms with Crippen molar-refractivity contribution < 1.29 is 9.59 Å². The molecule has 0 bridgehead atoms. The topological polar surface area (TPSA) is 49.4 Å². The van der Waals surface area contributed by atoms with Crippen LogP contribution in [0.4, 0.5) is 5.69 Å².